The number of allylic oxidation sites excluding steroid dienone is 1. The summed E-state index contributed by atoms with van der Waals surface area (Å²) in [5.74, 6) is 0.559. The minimum Gasteiger partial charge on any atom is -0.355 e. The van der Waals surface area contributed by atoms with E-state index in [1.807, 2.05) is 6.92 Å². The summed E-state index contributed by atoms with van der Waals surface area (Å²) in [4.78, 5) is 22.6. The number of benzene rings is 2. The SMILES string of the molecule is C=C(Nc1cc(C2CCC(C)(C)CC2)ccc1C(=C)C)c1ccc(C=O)cc1C=O. The topological polar surface area (TPSA) is 46.2 Å². The van der Waals surface area contributed by atoms with Crippen LogP contribution in [0.25, 0.3) is 11.3 Å². The Kier molecular flexibility index (Phi) is 6.40. The van der Waals surface area contributed by atoms with E-state index in [0.717, 1.165) is 29.4 Å². The summed E-state index contributed by atoms with van der Waals surface area (Å²) in [6.45, 7) is 15.0. The molecule has 3 heteroatoms. The summed E-state index contributed by atoms with van der Waals surface area (Å²) in [7, 11) is 0. The third-order valence-electron chi connectivity index (χ3n) is 6.26. The molecule has 0 unspecified atom stereocenters. The summed E-state index contributed by atoms with van der Waals surface area (Å²) in [5.41, 5.74) is 6.94. The second-order valence-electron chi connectivity index (χ2n) is 9.21. The van der Waals surface area contributed by atoms with E-state index < -0.39 is 0 Å². The molecular weight excluding hydrogens is 370 g/mol. The van der Waals surface area contributed by atoms with Crippen molar-refractivity contribution in [1.29, 1.82) is 0 Å². The minimum atomic E-state index is 0.433. The number of hydrogen-bond donors (Lipinski definition) is 1. The van der Waals surface area contributed by atoms with Crippen molar-refractivity contribution in [3.8, 4) is 0 Å². The number of rotatable bonds is 7. The molecule has 0 bridgehead atoms. The molecule has 0 atom stereocenters. The molecule has 0 radical (unpaired) electrons. The van der Waals surface area contributed by atoms with Gasteiger partial charge in [0.2, 0.25) is 0 Å². The molecule has 2 aromatic rings. The average molecular weight is 402 g/mol. The molecule has 3 nitrogen and oxygen atoms in total. The number of carbonyl (C=O) groups excluding carboxylic acids is 2. The molecule has 0 aliphatic heterocycles. The lowest BCUT2D eigenvalue weighted by Crippen LogP contribution is -2.20. The maximum absolute atomic E-state index is 11.5. The summed E-state index contributed by atoms with van der Waals surface area (Å²) in [5, 5.41) is 3.41. The average Bonchev–Trinajstić information content (AvgIpc) is 2.72. The first-order chi connectivity index (χ1) is 14.2. The molecule has 0 spiro atoms. The Balaban J connectivity index is 1.90. The lowest BCUT2D eigenvalue weighted by atomic mass is 9.71. The Bertz CT molecular complexity index is 990. The summed E-state index contributed by atoms with van der Waals surface area (Å²) >= 11 is 0. The first-order valence-corrected chi connectivity index (χ1v) is 10.5. The molecule has 1 aliphatic rings. The summed E-state index contributed by atoms with van der Waals surface area (Å²) in [6.07, 6.45) is 6.36. The smallest absolute Gasteiger partial charge is 0.150 e. The lowest BCUT2D eigenvalue weighted by Gasteiger charge is -2.34. The van der Waals surface area contributed by atoms with E-state index in [1.165, 1.54) is 31.2 Å². The van der Waals surface area contributed by atoms with Crippen LogP contribution < -0.4 is 5.32 Å². The van der Waals surface area contributed by atoms with Crippen molar-refractivity contribution < 1.29 is 9.59 Å². The van der Waals surface area contributed by atoms with Gasteiger partial charge >= 0.3 is 0 Å². The maximum Gasteiger partial charge on any atom is 0.150 e. The van der Waals surface area contributed by atoms with Crippen molar-refractivity contribution in [1.82, 2.24) is 0 Å². The van der Waals surface area contributed by atoms with E-state index in [-0.39, 0.29) is 0 Å². The lowest BCUT2D eigenvalue weighted by molar-refractivity contribution is 0.112. The quantitative estimate of drug-likeness (QED) is 0.503. The van der Waals surface area contributed by atoms with Crippen molar-refractivity contribution in [2.24, 2.45) is 5.41 Å². The van der Waals surface area contributed by atoms with Gasteiger partial charge in [0.25, 0.3) is 0 Å². The third kappa shape index (κ3) is 4.79. The van der Waals surface area contributed by atoms with E-state index in [2.05, 4.69) is 50.5 Å². The Hall–Kier alpha value is -2.94. The van der Waals surface area contributed by atoms with Gasteiger partial charge in [0.05, 0.1) is 0 Å². The van der Waals surface area contributed by atoms with E-state index in [1.54, 1.807) is 18.2 Å². The van der Waals surface area contributed by atoms with Crippen molar-refractivity contribution in [3.05, 3.63) is 77.4 Å². The molecule has 0 saturated heterocycles. The van der Waals surface area contributed by atoms with Crippen LogP contribution in [0.5, 0.6) is 0 Å². The number of hydrogen-bond acceptors (Lipinski definition) is 3. The Morgan fingerprint density at radius 2 is 1.67 bits per heavy atom. The Morgan fingerprint density at radius 3 is 2.27 bits per heavy atom. The molecule has 1 aliphatic carbocycles. The van der Waals surface area contributed by atoms with E-state index in [0.29, 0.717) is 33.7 Å². The zero-order valence-electron chi connectivity index (χ0n) is 18.3. The predicted molar refractivity (Wildman–Crippen MR) is 126 cm³/mol. The summed E-state index contributed by atoms with van der Waals surface area (Å²) < 4.78 is 0. The first-order valence-electron chi connectivity index (χ1n) is 10.5. The van der Waals surface area contributed by atoms with Crippen molar-refractivity contribution in [3.63, 3.8) is 0 Å². The molecule has 1 saturated carbocycles. The molecule has 0 aromatic heterocycles. The van der Waals surface area contributed by atoms with Gasteiger partial charge in [-0.3, -0.25) is 9.59 Å². The van der Waals surface area contributed by atoms with Crippen LogP contribution in [0.2, 0.25) is 0 Å². The maximum atomic E-state index is 11.5. The fraction of sp³-hybridized carbons (Fsp3) is 0.333. The van der Waals surface area contributed by atoms with Crippen LogP contribution in [0.3, 0.4) is 0 Å². The second kappa shape index (κ2) is 8.83. The molecule has 156 valence electrons. The van der Waals surface area contributed by atoms with E-state index in [4.69, 9.17) is 0 Å². The van der Waals surface area contributed by atoms with Gasteiger partial charge in [-0.05, 0) is 67.2 Å². The number of nitrogens with one attached hydrogen (secondary N) is 1. The molecular formula is C27H31NO2. The van der Waals surface area contributed by atoms with Gasteiger partial charge < -0.3 is 5.32 Å². The fourth-order valence-electron chi connectivity index (χ4n) is 4.28. The monoisotopic (exact) mass is 401 g/mol. The largest absolute Gasteiger partial charge is 0.355 e. The van der Waals surface area contributed by atoms with Crippen LogP contribution in [0.1, 0.15) is 89.8 Å². The predicted octanol–water partition coefficient (Wildman–Crippen LogP) is 7.11. The van der Waals surface area contributed by atoms with Crippen molar-refractivity contribution in [2.45, 2.75) is 52.4 Å². The number of carbonyl (C=O) groups is 2. The fourth-order valence-corrected chi connectivity index (χ4v) is 4.28. The number of anilines is 1. The molecule has 0 heterocycles. The molecule has 1 fully saturated rings. The Labute approximate surface area is 179 Å². The molecule has 0 amide bonds. The molecule has 2 aromatic carbocycles. The van der Waals surface area contributed by atoms with Crippen molar-refractivity contribution >= 4 is 29.5 Å². The number of aldehydes is 2. The highest BCUT2D eigenvalue weighted by Crippen LogP contribution is 2.43. The van der Waals surface area contributed by atoms with E-state index in [9.17, 15) is 9.59 Å². The minimum absolute atomic E-state index is 0.433. The standard InChI is InChI=1S/C27H31NO2/c1-18(2)24-9-7-22(21-10-12-27(4,5)13-11-21)15-26(24)28-19(3)25-8-6-20(16-29)14-23(25)17-30/h6-9,14-17,21,28H,1,3,10-13H2,2,4-5H3. The van der Waals surface area contributed by atoms with Crippen LogP contribution in [-0.4, -0.2) is 12.6 Å². The van der Waals surface area contributed by atoms with Crippen LogP contribution in [0, 0.1) is 5.41 Å². The highest BCUT2D eigenvalue weighted by molar-refractivity contribution is 5.92. The van der Waals surface area contributed by atoms with Crippen LogP contribution in [-0.2, 0) is 0 Å². The first kappa shape index (κ1) is 21.8. The van der Waals surface area contributed by atoms with Gasteiger partial charge in [0, 0.05) is 33.6 Å². The van der Waals surface area contributed by atoms with Crippen LogP contribution in [0.4, 0.5) is 5.69 Å². The normalized spacial score (nSPS) is 16.0. The van der Waals surface area contributed by atoms with Gasteiger partial charge in [-0.15, -0.1) is 0 Å². The highest BCUT2D eigenvalue weighted by atomic mass is 16.1. The second-order valence-corrected chi connectivity index (χ2v) is 9.21. The highest BCUT2D eigenvalue weighted by Gasteiger charge is 2.28. The Morgan fingerprint density at radius 1 is 1.00 bits per heavy atom. The van der Waals surface area contributed by atoms with Gasteiger partial charge in [0.1, 0.15) is 6.29 Å². The van der Waals surface area contributed by atoms with Gasteiger partial charge in [-0.2, -0.15) is 0 Å². The molecule has 3 rings (SSSR count). The van der Waals surface area contributed by atoms with Gasteiger partial charge in [-0.25, -0.2) is 0 Å². The summed E-state index contributed by atoms with van der Waals surface area (Å²) in [6, 6.07) is 11.6. The van der Waals surface area contributed by atoms with Crippen LogP contribution in [0.15, 0.2) is 49.6 Å². The van der Waals surface area contributed by atoms with Gasteiger partial charge in [0.15, 0.2) is 6.29 Å². The third-order valence-corrected chi connectivity index (χ3v) is 6.26. The zero-order chi connectivity index (χ0) is 21.9. The molecule has 1 N–H and O–H groups in total. The van der Waals surface area contributed by atoms with E-state index >= 15 is 0 Å². The van der Waals surface area contributed by atoms with Crippen molar-refractivity contribution in [2.75, 3.05) is 5.32 Å². The van der Waals surface area contributed by atoms with Crippen LogP contribution >= 0.6 is 0 Å². The zero-order valence-corrected chi connectivity index (χ0v) is 18.3. The van der Waals surface area contributed by atoms with Gasteiger partial charge in [-0.1, -0.05) is 51.3 Å². The molecule has 30 heavy (non-hydrogen) atoms.